The fourth-order valence-electron chi connectivity index (χ4n) is 7.44. The van der Waals surface area contributed by atoms with E-state index >= 15 is 0 Å². The molecule has 4 bridgehead atoms. The summed E-state index contributed by atoms with van der Waals surface area (Å²) >= 11 is 0. The second-order valence-electron chi connectivity index (χ2n) is 11.0. The van der Waals surface area contributed by atoms with E-state index in [0.717, 1.165) is 55.0 Å². The number of carbonyl (C=O) groups excluding carboxylic acids is 2. The van der Waals surface area contributed by atoms with E-state index in [1.165, 1.54) is 38.5 Å². The number of nitrogens with one attached hydrogen (secondary N) is 2. The first-order valence-corrected chi connectivity index (χ1v) is 13.2. The van der Waals surface area contributed by atoms with Crippen LogP contribution in [0.1, 0.15) is 58.8 Å². The molecule has 7 nitrogen and oxygen atoms in total. The molecule has 0 aliphatic heterocycles. The van der Waals surface area contributed by atoms with Crippen molar-refractivity contribution in [1.82, 2.24) is 19.8 Å². The number of para-hydroxylation sites is 2. The molecule has 0 unspecified atom stereocenters. The lowest BCUT2D eigenvalue weighted by Gasteiger charge is -2.56. The third kappa shape index (κ3) is 4.85. The van der Waals surface area contributed by atoms with Gasteiger partial charge in [0, 0.05) is 19.5 Å². The number of anilines is 1. The van der Waals surface area contributed by atoms with Crippen LogP contribution in [0.2, 0.25) is 0 Å². The summed E-state index contributed by atoms with van der Waals surface area (Å²) in [7, 11) is 0. The topological polar surface area (TPSA) is 79.3 Å². The van der Waals surface area contributed by atoms with Gasteiger partial charge in [-0.2, -0.15) is 0 Å². The summed E-state index contributed by atoms with van der Waals surface area (Å²) in [5.74, 6) is 2.82. The Hall–Kier alpha value is -2.41. The van der Waals surface area contributed by atoms with Crippen LogP contribution in [0.3, 0.4) is 0 Å². The lowest BCUT2D eigenvalue weighted by atomic mass is 9.49. The largest absolute Gasteiger partial charge is 0.347 e. The van der Waals surface area contributed by atoms with E-state index in [1.54, 1.807) is 0 Å². The molecule has 4 aliphatic rings. The molecule has 184 valence electrons. The van der Waals surface area contributed by atoms with Gasteiger partial charge in [0.25, 0.3) is 0 Å². The van der Waals surface area contributed by atoms with Crippen molar-refractivity contribution in [2.75, 3.05) is 31.5 Å². The molecule has 2 amide bonds. The molecule has 0 spiro atoms. The fourth-order valence-corrected chi connectivity index (χ4v) is 7.44. The summed E-state index contributed by atoms with van der Waals surface area (Å²) in [6.07, 6.45) is 8.31. The number of hydrogen-bond acceptors (Lipinski definition) is 4. The second kappa shape index (κ2) is 9.68. The lowest BCUT2D eigenvalue weighted by Crippen LogP contribution is -2.48. The zero-order valence-corrected chi connectivity index (χ0v) is 20.7. The number of carbonyl (C=O) groups is 2. The molecule has 4 aliphatic carbocycles. The number of aromatic nitrogens is 2. The van der Waals surface area contributed by atoms with Crippen LogP contribution in [0.25, 0.3) is 11.0 Å². The zero-order valence-electron chi connectivity index (χ0n) is 20.7. The number of fused-ring (bicyclic) bond motifs is 1. The molecule has 7 heteroatoms. The first kappa shape index (κ1) is 23.3. The maximum Gasteiger partial charge on any atom is 0.246 e. The van der Waals surface area contributed by atoms with Gasteiger partial charge in [0.05, 0.1) is 17.6 Å². The molecule has 4 fully saturated rings. The van der Waals surface area contributed by atoms with Crippen molar-refractivity contribution in [3.05, 3.63) is 24.3 Å². The molecule has 1 aromatic heterocycles. The van der Waals surface area contributed by atoms with E-state index in [4.69, 9.17) is 0 Å². The molecule has 4 saturated carbocycles. The van der Waals surface area contributed by atoms with Crippen LogP contribution in [0.5, 0.6) is 0 Å². The molecule has 34 heavy (non-hydrogen) atoms. The normalized spacial score (nSPS) is 27.4. The molecule has 0 saturated heterocycles. The van der Waals surface area contributed by atoms with Gasteiger partial charge < -0.3 is 14.8 Å². The average molecular weight is 466 g/mol. The Labute approximate surface area is 202 Å². The van der Waals surface area contributed by atoms with Crippen LogP contribution in [0.4, 0.5) is 5.95 Å². The molecule has 0 radical (unpaired) electrons. The van der Waals surface area contributed by atoms with Crippen molar-refractivity contribution in [1.29, 1.82) is 0 Å². The van der Waals surface area contributed by atoms with Crippen molar-refractivity contribution in [3.8, 4) is 0 Å². The van der Waals surface area contributed by atoms with Gasteiger partial charge in [0.15, 0.2) is 0 Å². The Morgan fingerprint density at radius 1 is 1.03 bits per heavy atom. The second-order valence-corrected chi connectivity index (χ2v) is 11.0. The van der Waals surface area contributed by atoms with Gasteiger partial charge in [-0.1, -0.05) is 26.0 Å². The summed E-state index contributed by atoms with van der Waals surface area (Å²) in [5, 5.41) is 5.86. The van der Waals surface area contributed by atoms with Crippen LogP contribution in [0, 0.1) is 23.2 Å². The zero-order chi connectivity index (χ0) is 23.7. The highest BCUT2D eigenvalue weighted by Gasteiger charge is 2.51. The predicted octanol–water partition coefficient (Wildman–Crippen LogP) is 4.04. The standard InChI is InChI=1S/C27H39N5O2/c1-3-31(4-2)9-10-32-23-8-6-5-7-22(23)29-26(32)30-25(34)18-28-24(33)17-27-14-19-11-20(15-27)13-21(12-19)16-27/h5-8,19-21H,3-4,9-18H2,1-2H3,(H,28,33)(H,29,30,34). The SMILES string of the molecule is CCN(CC)CCn1c(NC(=O)CNC(=O)CC23CC4CC(CC(C4)C2)C3)nc2ccccc21. The molecule has 2 N–H and O–H groups in total. The molecule has 1 aromatic carbocycles. The summed E-state index contributed by atoms with van der Waals surface area (Å²) in [6, 6.07) is 7.95. The number of benzene rings is 1. The third-order valence-corrected chi connectivity index (χ3v) is 8.59. The van der Waals surface area contributed by atoms with Crippen LogP contribution in [-0.4, -0.2) is 52.4 Å². The number of amides is 2. The summed E-state index contributed by atoms with van der Waals surface area (Å²) in [6.45, 7) is 7.91. The van der Waals surface area contributed by atoms with Crippen molar-refractivity contribution in [2.24, 2.45) is 23.2 Å². The third-order valence-electron chi connectivity index (χ3n) is 8.59. The molecule has 0 atom stereocenters. The Morgan fingerprint density at radius 3 is 2.32 bits per heavy atom. The molecular weight excluding hydrogens is 426 g/mol. The summed E-state index contributed by atoms with van der Waals surface area (Å²) < 4.78 is 2.07. The summed E-state index contributed by atoms with van der Waals surface area (Å²) in [4.78, 5) is 32.6. The highest BCUT2D eigenvalue weighted by molar-refractivity contribution is 5.95. The van der Waals surface area contributed by atoms with Crippen molar-refractivity contribution in [3.63, 3.8) is 0 Å². The molecule has 6 rings (SSSR count). The van der Waals surface area contributed by atoms with Gasteiger partial charge in [0.2, 0.25) is 17.8 Å². The van der Waals surface area contributed by atoms with Gasteiger partial charge in [-0.05, 0) is 86.9 Å². The first-order valence-electron chi connectivity index (χ1n) is 13.2. The smallest absolute Gasteiger partial charge is 0.246 e. The Balaban J connectivity index is 1.19. The minimum atomic E-state index is -0.224. The minimum absolute atomic E-state index is 0.00947. The Bertz CT molecular complexity index is 1010. The van der Waals surface area contributed by atoms with Gasteiger partial charge >= 0.3 is 0 Å². The Morgan fingerprint density at radius 2 is 1.68 bits per heavy atom. The van der Waals surface area contributed by atoms with Crippen LogP contribution in [0.15, 0.2) is 24.3 Å². The summed E-state index contributed by atoms with van der Waals surface area (Å²) in [5.41, 5.74) is 2.06. The fraction of sp³-hybridized carbons (Fsp3) is 0.667. The number of imidazole rings is 1. The number of hydrogen-bond donors (Lipinski definition) is 2. The molecular formula is C27H39N5O2. The lowest BCUT2D eigenvalue weighted by molar-refractivity contribution is -0.131. The maximum atomic E-state index is 12.8. The minimum Gasteiger partial charge on any atom is -0.347 e. The number of likely N-dealkylation sites (N-methyl/N-ethyl adjacent to an activating group) is 1. The van der Waals surface area contributed by atoms with E-state index in [-0.39, 0.29) is 23.8 Å². The monoisotopic (exact) mass is 465 g/mol. The van der Waals surface area contributed by atoms with Gasteiger partial charge in [0.1, 0.15) is 0 Å². The van der Waals surface area contributed by atoms with Crippen LogP contribution >= 0.6 is 0 Å². The highest BCUT2D eigenvalue weighted by Crippen LogP contribution is 2.61. The first-order chi connectivity index (χ1) is 16.5. The van der Waals surface area contributed by atoms with Crippen molar-refractivity contribution in [2.45, 2.75) is 65.3 Å². The number of nitrogens with zero attached hydrogens (tertiary/aromatic N) is 3. The average Bonchev–Trinajstić information content (AvgIpc) is 3.14. The highest BCUT2D eigenvalue weighted by atomic mass is 16.2. The van der Waals surface area contributed by atoms with Crippen LogP contribution in [-0.2, 0) is 16.1 Å². The predicted molar refractivity (Wildman–Crippen MR) is 134 cm³/mol. The van der Waals surface area contributed by atoms with E-state index < -0.39 is 0 Å². The van der Waals surface area contributed by atoms with E-state index in [2.05, 4.69) is 38.9 Å². The van der Waals surface area contributed by atoms with E-state index in [9.17, 15) is 9.59 Å². The van der Waals surface area contributed by atoms with E-state index in [0.29, 0.717) is 12.4 Å². The maximum absolute atomic E-state index is 12.8. The Kier molecular flexibility index (Phi) is 6.65. The van der Waals surface area contributed by atoms with Gasteiger partial charge in [-0.15, -0.1) is 0 Å². The molecule has 2 aromatic rings. The quantitative estimate of drug-likeness (QED) is 0.555. The van der Waals surface area contributed by atoms with Gasteiger partial charge in [-0.25, -0.2) is 4.98 Å². The van der Waals surface area contributed by atoms with Crippen LogP contribution < -0.4 is 10.6 Å². The van der Waals surface area contributed by atoms with Gasteiger partial charge in [-0.3, -0.25) is 14.9 Å². The number of rotatable bonds is 10. The van der Waals surface area contributed by atoms with Crippen molar-refractivity contribution >= 4 is 28.8 Å². The van der Waals surface area contributed by atoms with Crippen molar-refractivity contribution < 1.29 is 9.59 Å². The van der Waals surface area contributed by atoms with E-state index in [1.807, 2.05) is 24.3 Å². The molecule has 1 heterocycles.